The molecule has 1 aromatic rings. The van der Waals surface area contributed by atoms with Crippen LogP contribution in [0.2, 0.25) is 0 Å². The minimum absolute atomic E-state index is 0.199. The first kappa shape index (κ1) is 18.2. The number of halogens is 3. The van der Waals surface area contributed by atoms with Gasteiger partial charge in [-0.2, -0.15) is 18.4 Å². The van der Waals surface area contributed by atoms with E-state index in [9.17, 15) is 26.4 Å². The second-order valence-corrected chi connectivity index (χ2v) is 6.98. The predicted octanol–water partition coefficient (Wildman–Crippen LogP) is 1.95. The van der Waals surface area contributed by atoms with Crippen molar-refractivity contribution in [2.24, 2.45) is 0 Å². The molecule has 1 aliphatic heterocycles. The number of carbonyl (C=O) groups is 1. The molecule has 1 amide bonds. The van der Waals surface area contributed by atoms with Crippen LogP contribution in [0, 0.1) is 11.3 Å². The van der Waals surface area contributed by atoms with E-state index in [4.69, 9.17) is 10.00 Å². The lowest BCUT2D eigenvalue weighted by Gasteiger charge is -2.14. The smallest absolute Gasteiger partial charge is 0.365 e. The van der Waals surface area contributed by atoms with Crippen molar-refractivity contribution in [1.29, 1.82) is 5.26 Å². The standard InChI is InChI=1S/C14H13F3N2O4S/c1-8-2-5-12(23-8)13(20)19-24(21,22)10-4-3-9(7-18)11(6-10)14(15,16)17/h3-4,6,8,12H,2,5H2,1H3,(H,19,20)/t8-,12+/m0/s1. The van der Waals surface area contributed by atoms with Crippen LogP contribution in [0.1, 0.15) is 30.9 Å². The van der Waals surface area contributed by atoms with Gasteiger partial charge in [0.25, 0.3) is 15.9 Å². The molecule has 0 radical (unpaired) electrons. The Morgan fingerprint density at radius 3 is 2.54 bits per heavy atom. The molecule has 1 aromatic carbocycles. The monoisotopic (exact) mass is 362 g/mol. The molecule has 2 atom stereocenters. The van der Waals surface area contributed by atoms with Crippen molar-refractivity contribution in [3.05, 3.63) is 29.3 Å². The molecule has 0 saturated carbocycles. The van der Waals surface area contributed by atoms with E-state index in [1.807, 2.05) is 0 Å². The molecule has 1 fully saturated rings. The molecule has 24 heavy (non-hydrogen) atoms. The molecular formula is C14H13F3N2O4S. The van der Waals surface area contributed by atoms with E-state index >= 15 is 0 Å². The van der Waals surface area contributed by atoms with Crippen LogP contribution in [-0.2, 0) is 25.7 Å². The number of nitriles is 1. The van der Waals surface area contributed by atoms with Crippen molar-refractivity contribution >= 4 is 15.9 Å². The van der Waals surface area contributed by atoms with Gasteiger partial charge >= 0.3 is 6.18 Å². The zero-order chi connectivity index (χ0) is 18.1. The van der Waals surface area contributed by atoms with Crippen LogP contribution >= 0.6 is 0 Å². The third-order valence-corrected chi connectivity index (χ3v) is 4.83. The normalized spacial score (nSPS) is 21.3. The number of rotatable bonds is 3. The van der Waals surface area contributed by atoms with Crippen LogP contribution in [0.15, 0.2) is 23.1 Å². The Balaban J connectivity index is 2.30. The lowest BCUT2D eigenvalue weighted by atomic mass is 10.1. The largest absolute Gasteiger partial charge is 0.417 e. The minimum Gasteiger partial charge on any atom is -0.365 e. The summed E-state index contributed by atoms with van der Waals surface area (Å²) < 4.78 is 69.9. The summed E-state index contributed by atoms with van der Waals surface area (Å²) in [5.74, 6) is -0.933. The first-order chi connectivity index (χ1) is 11.0. The molecule has 0 unspecified atom stereocenters. The van der Waals surface area contributed by atoms with Crippen molar-refractivity contribution in [1.82, 2.24) is 4.72 Å². The number of carbonyl (C=O) groups excluding carboxylic acids is 1. The highest BCUT2D eigenvalue weighted by atomic mass is 32.2. The average molecular weight is 362 g/mol. The van der Waals surface area contributed by atoms with Crippen LogP contribution in [0.25, 0.3) is 0 Å². The summed E-state index contributed by atoms with van der Waals surface area (Å²) in [6.07, 6.45) is -5.16. The van der Waals surface area contributed by atoms with Crippen molar-refractivity contribution in [3.8, 4) is 6.07 Å². The Kier molecular flexibility index (Phi) is 4.87. The van der Waals surface area contributed by atoms with Crippen molar-refractivity contribution in [3.63, 3.8) is 0 Å². The van der Waals surface area contributed by atoms with E-state index in [0.717, 1.165) is 12.1 Å². The second-order valence-electron chi connectivity index (χ2n) is 5.30. The van der Waals surface area contributed by atoms with Gasteiger partial charge in [0.1, 0.15) is 6.10 Å². The third kappa shape index (κ3) is 3.85. The van der Waals surface area contributed by atoms with Crippen LogP contribution < -0.4 is 4.72 Å². The zero-order valence-electron chi connectivity index (χ0n) is 12.4. The third-order valence-electron chi connectivity index (χ3n) is 3.49. The number of alkyl halides is 3. The fraction of sp³-hybridized carbons (Fsp3) is 0.429. The van der Waals surface area contributed by atoms with Crippen LogP contribution in [0.4, 0.5) is 13.2 Å². The Bertz CT molecular complexity index is 799. The molecule has 1 heterocycles. The maximum absolute atomic E-state index is 12.9. The van der Waals surface area contributed by atoms with E-state index in [-0.39, 0.29) is 6.10 Å². The Hall–Kier alpha value is -2.12. The summed E-state index contributed by atoms with van der Waals surface area (Å²) in [4.78, 5) is 11.1. The number of ether oxygens (including phenoxy) is 1. The lowest BCUT2D eigenvalue weighted by Crippen LogP contribution is -2.38. The quantitative estimate of drug-likeness (QED) is 0.887. The van der Waals surface area contributed by atoms with E-state index in [1.165, 1.54) is 6.07 Å². The van der Waals surface area contributed by atoms with Gasteiger partial charge in [0.05, 0.1) is 28.2 Å². The molecule has 1 saturated heterocycles. The first-order valence-corrected chi connectivity index (χ1v) is 8.36. The van der Waals surface area contributed by atoms with Crippen molar-refractivity contribution in [2.45, 2.75) is 43.0 Å². The van der Waals surface area contributed by atoms with Crippen LogP contribution in [0.3, 0.4) is 0 Å². The predicted molar refractivity (Wildman–Crippen MR) is 75.1 cm³/mol. The Morgan fingerprint density at radius 2 is 2.04 bits per heavy atom. The number of nitrogens with one attached hydrogen (secondary N) is 1. The fourth-order valence-corrected chi connectivity index (χ4v) is 3.31. The lowest BCUT2D eigenvalue weighted by molar-refractivity contribution is -0.138. The van der Waals surface area contributed by atoms with Crippen LogP contribution in [0.5, 0.6) is 0 Å². The van der Waals surface area contributed by atoms with Gasteiger partial charge in [0.2, 0.25) is 0 Å². The highest BCUT2D eigenvalue weighted by molar-refractivity contribution is 7.90. The molecule has 0 spiro atoms. The van der Waals surface area contributed by atoms with Gasteiger partial charge in [-0.15, -0.1) is 0 Å². The summed E-state index contributed by atoms with van der Waals surface area (Å²) in [5.41, 5.74) is -2.09. The average Bonchev–Trinajstić information content (AvgIpc) is 2.92. The number of hydrogen-bond acceptors (Lipinski definition) is 5. The summed E-state index contributed by atoms with van der Waals surface area (Å²) in [6.45, 7) is 1.72. The molecule has 10 heteroatoms. The van der Waals surface area contributed by atoms with Gasteiger partial charge in [-0.3, -0.25) is 4.79 Å². The molecule has 6 nitrogen and oxygen atoms in total. The van der Waals surface area contributed by atoms with E-state index < -0.39 is 44.2 Å². The molecule has 1 aliphatic rings. The number of nitrogens with zero attached hydrogens (tertiary/aromatic N) is 1. The number of amides is 1. The Labute approximate surface area is 136 Å². The van der Waals surface area contributed by atoms with Gasteiger partial charge in [0, 0.05) is 0 Å². The fourth-order valence-electron chi connectivity index (χ4n) is 2.28. The van der Waals surface area contributed by atoms with E-state index in [0.29, 0.717) is 18.9 Å². The number of hydrogen-bond donors (Lipinski definition) is 1. The summed E-state index contributed by atoms with van der Waals surface area (Å²) >= 11 is 0. The number of sulfonamides is 1. The maximum atomic E-state index is 12.9. The van der Waals surface area contributed by atoms with Gasteiger partial charge in [-0.05, 0) is 38.0 Å². The molecule has 0 bridgehead atoms. The van der Waals surface area contributed by atoms with Gasteiger partial charge < -0.3 is 4.74 Å². The van der Waals surface area contributed by atoms with E-state index in [1.54, 1.807) is 11.6 Å². The molecule has 130 valence electrons. The van der Waals surface area contributed by atoms with Gasteiger partial charge in [0.15, 0.2) is 0 Å². The summed E-state index contributed by atoms with van der Waals surface area (Å²) in [6, 6.07) is 3.26. The Morgan fingerprint density at radius 1 is 1.38 bits per heavy atom. The maximum Gasteiger partial charge on any atom is 0.417 e. The van der Waals surface area contributed by atoms with Gasteiger partial charge in [-0.25, -0.2) is 13.1 Å². The summed E-state index contributed by atoms with van der Waals surface area (Å²) in [7, 11) is -4.51. The van der Waals surface area contributed by atoms with Crippen molar-refractivity contribution < 1.29 is 31.1 Å². The summed E-state index contributed by atoms with van der Waals surface area (Å²) in [5, 5.41) is 8.70. The zero-order valence-corrected chi connectivity index (χ0v) is 13.2. The second kappa shape index (κ2) is 6.41. The topological polar surface area (TPSA) is 96.3 Å². The molecule has 0 aliphatic carbocycles. The molecular weight excluding hydrogens is 349 g/mol. The van der Waals surface area contributed by atoms with Crippen molar-refractivity contribution in [2.75, 3.05) is 0 Å². The van der Waals surface area contributed by atoms with E-state index in [2.05, 4.69) is 0 Å². The minimum atomic E-state index is -4.90. The highest BCUT2D eigenvalue weighted by Gasteiger charge is 2.36. The SMILES string of the molecule is C[C@H]1CC[C@H](C(=O)NS(=O)(=O)c2ccc(C#N)c(C(F)(F)F)c2)O1. The molecule has 2 rings (SSSR count). The highest BCUT2D eigenvalue weighted by Crippen LogP contribution is 2.33. The number of benzene rings is 1. The van der Waals surface area contributed by atoms with Crippen LogP contribution in [-0.4, -0.2) is 26.5 Å². The molecule has 0 aromatic heterocycles. The molecule has 1 N–H and O–H groups in total. The van der Waals surface area contributed by atoms with Gasteiger partial charge in [-0.1, -0.05) is 0 Å². The first-order valence-electron chi connectivity index (χ1n) is 6.88.